The zero-order valence-corrected chi connectivity index (χ0v) is 16.2. The van der Waals surface area contributed by atoms with Crippen LogP contribution in [-0.2, 0) is 17.8 Å². The lowest BCUT2D eigenvalue weighted by Gasteiger charge is -2.14. The van der Waals surface area contributed by atoms with Crippen LogP contribution in [-0.4, -0.2) is 33.8 Å². The van der Waals surface area contributed by atoms with E-state index in [2.05, 4.69) is 25.4 Å². The van der Waals surface area contributed by atoms with Crippen molar-refractivity contribution in [1.29, 1.82) is 0 Å². The van der Waals surface area contributed by atoms with Crippen molar-refractivity contribution in [3.63, 3.8) is 0 Å². The van der Waals surface area contributed by atoms with Gasteiger partial charge in [-0.25, -0.2) is 0 Å². The summed E-state index contributed by atoms with van der Waals surface area (Å²) in [6.07, 6.45) is 5.97. The molecule has 2 aliphatic rings. The molecule has 1 aromatic heterocycles. The third-order valence-corrected chi connectivity index (χ3v) is 4.70. The zero-order valence-electron chi connectivity index (χ0n) is 14.6. The first-order chi connectivity index (χ1) is 11.8. The summed E-state index contributed by atoms with van der Waals surface area (Å²) >= 11 is 0. The fourth-order valence-corrected chi connectivity index (χ4v) is 3.14. The summed E-state index contributed by atoms with van der Waals surface area (Å²) in [7, 11) is 0. The summed E-state index contributed by atoms with van der Waals surface area (Å²) in [4.78, 5) is 11.9. The third kappa shape index (κ3) is 4.96. The Kier molecular flexibility index (Phi) is 7.43. The summed E-state index contributed by atoms with van der Waals surface area (Å²) < 4.78 is 2.21. The summed E-state index contributed by atoms with van der Waals surface area (Å²) in [6, 6.07) is 7.86. The van der Waals surface area contributed by atoms with Crippen molar-refractivity contribution < 1.29 is 4.79 Å². The van der Waals surface area contributed by atoms with Crippen LogP contribution in [0.1, 0.15) is 31.5 Å². The molecule has 0 spiro atoms. The van der Waals surface area contributed by atoms with Crippen LogP contribution >= 0.6 is 24.8 Å². The molecule has 6 nitrogen and oxygen atoms in total. The van der Waals surface area contributed by atoms with Gasteiger partial charge in [0.15, 0.2) is 5.82 Å². The largest absolute Gasteiger partial charge is 0.325 e. The number of rotatable bonds is 6. The van der Waals surface area contributed by atoms with Crippen LogP contribution in [0.2, 0.25) is 0 Å². The lowest BCUT2D eigenvalue weighted by molar-refractivity contribution is -0.115. The van der Waals surface area contributed by atoms with Gasteiger partial charge in [0, 0.05) is 24.2 Å². The average Bonchev–Trinajstić information content (AvgIpc) is 3.32. The minimum atomic E-state index is 0. The first-order valence-electron chi connectivity index (χ1n) is 8.83. The number of carbonyl (C=O) groups is 1. The summed E-state index contributed by atoms with van der Waals surface area (Å²) in [5, 5.41) is 14.8. The lowest BCUT2D eigenvalue weighted by atomic mass is 10.1. The molecule has 2 N–H and O–H groups in total. The lowest BCUT2D eigenvalue weighted by Crippen LogP contribution is -2.29. The Labute approximate surface area is 166 Å². The molecule has 2 heterocycles. The predicted molar refractivity (Wildman–Crippen MR) is 107 cm³/mol. The van der Waals surface area contributed by atoms with Crippen LogP contribution in [0, 0.1) is 5.92 Å². The molecule has 1 saturated carbocycles. The van der Waals surface area contributed by atoms with E-state index in [4.69, 9.17) is 0 Å². The van der Waals surface area contributed by atoms with Crippen LogP contribution < -0.4 is 10.6 Å². The molecule has 0 bridgehead atoms. The Hall–Kier alpha value is -1.63. The monoisotopic (exact) mass is 397 g/mol. The molecule has 1 aliphatic heterocycles. The Bertz CT molecular complexity index is 728. The Morgan fingerprint density at radius 1 is 1.12 bits per heavy atom. The van der Waals surface area contributed by atoms with E-state index in [9.17, 15) is 4.79 Å². The number of fused-ring (bicyclic) bond motifs is 1. The zero-order chi connectivity index (χ0) is 16.4. The van der Waals surface area contributed by atoms with Gasteiger partial charge >= 0.3 is 0 Å². The minimum absolute atomic E-state index is 0. The molecule has 26 heavy (non-hydrogen) atoms. The Morgan fingerprint density at radius 3 is 2.62 bits per heavy atom. The van der Waals surface area contributed by atoms with Gasteiger partial charge in [0.2, 0.25) is 5.91 Å². The normalized spacial score (nSPS) is 15.4. The van der Waals surface area contributed by atoms with Crippen molar-refractivity contribution in [3.05, 3.63) is 30.1 Å². The van der Waals surface area contributed by atoms with E-state index in [1.807, 2.05) is 24.3 Å². The topological polar surface area (TPSA) is 71.8 Å². The molecule has 0 atom stereocenters. The van der Waals surface area contributed by atoms with E-state index in [0.29, 0.717) is 6.54 Å². The minimum Gasteiger partial charge on any atom is -0.325 e. The summed E-state index contributed by atoms with van der Waals surface area (Å²) in [5.74, 6) is 2.79. The average molecular weight is 398 g/mol. The number of nitrogens with one attached hydrogen (secondary N) is 2. The molecule has 1 amide bonds. The fraction of sp³-hybridized carbons (Fsp3) is 0.500. The van der Waals surface area contributed by atoms with Gasteiger partial charge in [0.25, 0.3) is 0 Å². The number of anilines is 1. The summed E-state index contributed by atoms with van der Waals surface area (Å²) in [6.45, 7) is 2.31. The van der Waals surface area contributed by atoms with E-state index < -0.39 is 0 Å². The maximum atomic E-state index is 11.9. The highest BCUT2D eigenvalue weighted by Crippen LogP contribution is 2.27. The molecule has 8 heteroatoms. The van der Waals surface area contributed by atoms with Crippen LogP contribution in [0.3, 0.4) is 0 Å². The van der Waals surface area contributed by atoms with Gasteiger partial charge in [-0.3, -0.25) is 4.79 Å². The van der Waals surface area contributed by atoms with Crippen LogP contribution in [0.5, 0.6) is 0 Å². The van der Waals surface area contributed by atoms with Crippen molar-refractivity contribution in [2.75, 3.05) is 18.4 Å². The first kappa shape index (κ1) is 20.7. The second-order valence-electron chi connectivity index (χ2n) is 6.75. The molecule has 1 aliphatic carbocycles. The number of benzene rings is 1. The van der Waals surface area contributed by atoms with Gasteiger partial charge in [-0.2, -0.15) is 0 Å². The van der Waals surface area contributed by atoms with E-state index in [1.165, 1.54) is 25.7 Å². The predicted octanol–water partition coefficient (Wildman–Crippen LogP) is 3.06. The second-order valence-corrected chi connectivity index (χ2v) is 6.75. The molecular weight excluding hydrogens is 373 g/mol. The number of hydrogen-bond acceptors (Lipinski definition) is 4. The number of amides is 1. The molecule has 142 valence electrons. The highest BCUT2D eigenvalue weighted by molar-refractivity contribution is 5.92. The highest BCUT2D eigenvalue weighted by atomic mass is 35.5. The number of aryl methyl sites for hydroxylation is 1. The van der Waals surface area contributed by atoms with Gasteiger partial charge in [-0.1, -0.05) is 0 Å². The van der Waals surface area contributed by atoms with Gasteiger partial charge in [0.1, 0.15) is 5.82 Å². The van der Waals surface area contributed by atoms with Crippen molar-refractivity contribution in [2.24, 2.45) is 5.92 Å². The van der Waals surface area contributed by atoms with Crippen LogP contribution in [0.15, 0.2) is 24.3 Å². The third-order valence-electron chi connectivity index (χ3n) is 4.70. The maximum Gasteiger partial charge on any atom is 0.238 e. The van der Waals surface area contributed by atoms with E-state index in [1.54, 1.807) is 0 Å². The Balaban J connectivity index is 0.00000121. The second kappa shape index (κ2) is 9.35. The standard InChI is InChI=1S/C18H23N5O.2ClH/c24-17(12-19-11-13-4-5-13)20-15-8-6-14(7-9-15)18-22-21-16-3-1-2-10-23(16)18;;/h6-9,13,19H,1-5,10-12H2,(H,20,24);2*1H. The van der Waals surface area contributed by atoms with E-state index in [0.717, 1.165) is 48.3 Å². The quantitative estimate of drug-likeness (QED) is 0.785. The van der Waals surface area contributed by atoms with Crippen molar-refractivity contribution in [1.82, 2.24) is 20.1 Å². The Morgan fingerprint density at radius 2 is 1.88 bits per heavy atom. The number of nitrogens with zero attached hydrogens (tertiary/aromatic N) is 3. The van der Waals surface area contributed by atoms with E-state index in [-0.39, 0.29) is 30.7 Å². The molecule has 0 saturated heterocycles. The molecule has 1 aromatic carbocycles. The van der Waals surface area contributed by atoms with Crippen molar-refractivity contribution in [2.45, 2.75) is 38.6 Å². The molecule has 4 rings (SSSR count). The van der Waals surface area contributed by atoms with E-state index >= 15 is 0 Å². The van der Waals surface area contributed by atoms with Gasteiger partial charge in [0.05, 0.1) is 6.54 Å². The maximum absolute atomic E-state index is 11.9. The van der Waals surface area contributed by atoms with Gasteiger partial charge in [-0.05, 0) is 62.4 Å². The molecule has 0 radical (unpaired) electrons. The first-order valence-corrected chi connectivity index (χ1v) is 8.83. The van der Waals surface area contributed by atoms with Gasteiger partial charge < -0.3 is 15.2 Å². The number of halogens is 2. The summed E-state index contributed by atoms with van der Waals surface area (Å²) in [5.41, 5.74) is 1.86. The molecule has 2 aromatic rings. The van der Waals surface area contributed by atoms with Crippen molar-refractivity contribution in [3.8, 4) is 11.4 Å². The molecule has 1 fully saturated rings. The molecule has 0 unspecified atom stereocenters. The highest BCUT2D eigenvalue weighted by Gasteiger charge is 2.20. The smallest absolute Gasteiger partial charge is 0.238 e. The fourth-order valence-electron chi connectivity index (χ4n) is 3.14. The number of aromatic nitrogens is 3. The number of hydrogen-bond donors (Lipinski definition) is 2. The van der Waals surface area contributed by atoms with Crippen molar-refractivity contribution >= 4 is 36.4 Å². The van der Waals surface area contributed by atoms with Crippen LogP contribution in [0.25, 0.3) is 11.4 Å². The van der Waals surface area contributed by atoms with Crippen LogP contribution in [0.4, 0.5) is 5.69 Å². The number of carbonyl (C=O) groups excluding carboxylic acids is 1. The SMILES string of the molecule is Cl.Cl.O=C(CNCC1CC1)Nc1ccc(-c2nnc3n2CCCC3)cc1. The molecular formula is C18H25Cl2N5O. The van der Waals surface area contributed by atoms with Gasteiger partial charge in [-0.15, -0.1) is 35.0 Å².